The van der Waals surface area contributed by atoms with Crippen LogP contribution in [0.2, 0.25) is 0 Å². The van der Waals surface area contributed by atoms with Gasteiger partial charge in [0, 0.05) is 62.4 Å². The molecule has 2 aliphatic heterocycles. The van der Waals surface area contributed by atoms with Gasteiger partial charge in [-0.1, -0.05) is 12.6 Å². The van der Waals surface area contributed by atoms with Crippen molar-refractivity contribution in [2.45, 2.75) is 26.5 Å². The number of ether oxygens (including phenoxy) is 1. The summed E-state index contributed by atoms with van der Waals surface area (Å²) >= 11 is 0. The van der Waals surface area contributed by atoms with Crippen molar-refractivity contribution in [3.05, 3.63) is 66.9 Å². The van der Waals surface area contributed by atoms with E-state index < -0.39 is 0 Å². The van der Waals surface area contributed by atoms with E-state index in [0.29, 0.717) is 35.4 Å². The van der Waals surface area contributed by atoms with E-state index in [9.17, 15) is 9.59 Å². The largest absolute Gasteiger partial charge is 0.489 e. The van der Waals surface area contributed by atoms with Gasteiger partial charge in [0.1, 0.15) is 5.75 Å². The first-order valence-corrected chi connectivity index (χ1v) is 13.7. The molecule has 41 heavy (non-hydrogen) atoms. The predicted molar refractivity (Wildman–Crippen MR) is 162 cm³/mol. The first kappa shape index (κ1) is 27.9. The summed E-state index contributed by atoms with van der Waals surface area (Å²) in [4.78, 5) is 42.4. The minimum Gasteiger partial charge on any atom is -0.489 e. The van der Waals surface area contributed by atoms with Crippen molar-refractivity contribution in [1.29, 1.82) is 0 Å². The molecule has 2 aromatic carbocycles. The molecule has 11 nitrogen and oxygen atoms in total. The van der Waals surface area contributed by atoms with Gasteiger partial charge in [0.2, 0.25) is 11.9 Å². The highest BCUT2D eigenvalue weighted by Gasteiger charge is 2.32. The number of urea groups is 1. The zero-order chi connectivity index (χ0) is 29.1. The number of hydrogen-bond acceptors (Lipinski definition) is 8. The maximum Gasteiger partial charge on any atom is 0.330 e. The molecule has 1 saturated heterocycles. The van der Waals surface area contributed by atoms with E-state index in [-0.39, 0.29) is 18.0 Å². The lowest BCUT2D eigenvalue weighted by Crippen LogP contribution is -2.44. The molecule has 0 aliphatic carbocycles. The number of aromatic nitrogens is 2. The van der Waals surface area contributed by atoms with Gasteiger partial charge in [-0.25, -0.2) is 14.7 Å². The summed E-state index contributed by atoms with van der Waals surface area (Å²) in [5.74, 6) is 1.17. The molecule has 3 amide bonds. The summed E-state index contributed by atoms with van der Waals surface area (Å²) in [6, 6.07) is 12.9. The normalized spacial score (nSPS) is 15.5. The lowest BCUT2D eigenvalue weighted by molar-refractivity contribution is -0.111. The van der Waals surface area contributed by atoms with Crippen LogP contribution in [0.4, 0.5) is 39.3 Å². The van der Waals surface area contributed by atoms with Gasteiger partial charge < -0.3 is 30.1 Å². The first-order chi connectivity index (χ1) is 19.7. The molecule has 2 aliphatic rings. The highest BCUT2D eigenvalue weighted by atomic mass is 16.5. The van der Waals surface area contributed by atoms with Crippen LogP contribution in [0.1, 0.15) is 19.4 Å². The molecule has 3 aromatic rings. The molecule has 1 aromatic heterocycles. The van der Waals surface area contributed by atoms with Crippen molar-refractivity contribution >= 4 is 46.5 Å². The molecule has 1 fully saturated rings. The van der Waals surface area contributed by atoms with E-state index in [2.05, 4.69) is 51.2 Å². The van der Waals surface area contributed by atoms with Crippen LogP contribution in [-0.4, -0.2) is 78.1 Å². The molecule has 0 atom stereocenters. The van der Waals surface area contributed by atoms with Crippen molar-refractivity contribution in [3.63, 3.8) is 0 Å². The Morgan fingerprint density at radius 1 is 1.07 bits per heavy atom. The SMILES string of the molecule is C=CC(=O)Nc1cccc(N2C(=O)N(C)Cc3cnc(Nc4ccc(N5CCN(C)CC5)cc4OC(C)C)nc32)c1. The highest BCUT2D eigenvalue weighted by molar-refractivity contribution is 6.03. The van der Waals surface area contributed by atoms with Gasteiger partial charge in [-0.15, -0.1) is 0 Å². The molecule has 11 heteroatoms. The van der Waals surface area contributed by atoms with Crippen molar-refractivity contribution in [2.75, 3.05) is 60.7 Å². The average Bonchev–Trinajstić information content (AvgIpc) is 2.95. The van der Waals surface area contributed by atoms with Gasteiger partial charge in [-0.2, -0.15) is 4.98 Å². The number of hydrogen-bond donors (Lipinski definition) is 2. The van der Waals surface area contributed by atoms with Gasteiger partial charge in [0.15, 0.2) is 5.82 Å². The Bertz CT molecular complexity index is 1450. The minimum absolute atomic E-state index is 0.0275. The molecule has 0 saturated carbocycles. The summed E-state index contributed by atoms with van der Waals surface area (Å²) in [7, 11) is 3.87. The standard InChI is InChI=1S/C30H36N8O3/c1-6-27(39)32-22-8-7-9-24(16-22)38-28-21(19-36(5)30(38)40)18-31-29(34-28)33-25-11-10-23(17-26(25)41-20(2)3)37-14-12-35(4)13-15-37/h6-11,16-18,20H,1,12-15,19H2,2-5H3,(H,32,39)(H,31,33,34). The van der Waals surface area contributed by atoms with Crippen LogP contribution in [0.5, 0.6) is 5.75 Å². The number of likely N-dealkylation sites (N-methyl/N-ethyl adjacent to an activating group) is 1. The van der Waals surface area contributed by atoms with Gasteiger partial charge in [0.25, 0.3) is 0 Å². The van der Waals surface area contributed by atoms with Gasteiger partial charge in [-0.3, -0.25) is 4.79 Å². The number of rotatable bonds is 8. The first-order valence-electron chi connectivity index (χ1n) is 13.7. The average molecular weight is 557 g/mol. The Labute approximate surface area is 240 Å². The van der Waals surface area contributed by atoms with Crippen molar-refractivity contribution in [3.8, 4) is 5.75 Å². The quantitative estimate of drug-likeness (QED) is 0.388. The number of nitrogens with one attached hydrogen (secondary N) is 2. The highest BCUT2D eigenvalue weighted by Crippen LogP contribution is 2.36. The van der Waals surface area contributed by atoms with Gasteiger partial charge >= 0.3 is 6.03 Å². The molecule has 3 heterocycles. The van der Waals surface area contributed by atoms with E-state index in [1.165, 1.54) is 11.0 Å². The number of nitrogens with zero attached hydrogens (tertiary/aromatic N) is 6. The fourth-order valence-corrected chi connectivity index (χ4v) is 4.84. The lowest BCUT2D eigenvalue weighted by Gasteiger charge is -2.34. The van der Waals surface area contributed by atoms with Crippen molar-refractivity contribution < 1.29 is 14.3 Å². The predicted octanol–water partition coefficient (Wildman–Crippen LogP) is 4.59. The molecule has 2 N–H and O–H groups in total. The molecular weight excluding hydrogens is 520 g/mol. The van der Waals surface area contributed by atoms with Gasteiger partial charge in [0.05, 0.1) is 24.0 Å². The molecule has 0 unspecified atom stereocenters. The van der Waals surface area contributed by atoms with E-state index >= 15 is 0 Å². The fourth-order valence-electron chi connectivity index (χ4n) is 4.84. The Hall–Kier alpha value is -4.64. The second kappa shape index (κ2) is 11.8. The third-order valence-corrected chi connectivity index (χ3v) is 6.98. The summed E-state index contributed by atoms with van der Waals surface area (Å²) in [6.45, 7) is 11.8. The summed E-state index contributed by atoms with van der Waals surface area (Å²) in [5, 5.41) is 6.06. The van der Waals surface area contributed by atoms with Crippen LogP contribution >= 0.6 is 0 Å². The summed E-state index contributed by atoms with van der Waals surface area (Å²) < 4.78 is 6.19. The van der Waals surface area contributed by atoms with E-state index in [1.54, 1.807) is 42.4 Å². The Kier molecular flexibility index (Phi) is 8.06. The number of piperazine rings is 1. The number of fused-ring (bicyclic) bond motifs is 1. The Morgan fingerprint density at radius 3 is 2.59 bits per heavy atom. The maximum absolute atomic E-state index is 13.4. The van der Waals surface area contributed by atoms with Crippen LogP contribution in [0.15, 0.2) is 61.3 Å². The monoisotopic (exact) mass is 556 g/mol. The molecule has 5 rings (SSSR count). The number of benzene rings is 2. The van der Waals surface area contributed by atoms with E-state index in [1.807, 2.05) is 19.9 Å². The smallest absolute Gasteiger partial charge is 0.330 e. The number of carbonyl (C=O) groups is 2. The maximum atomic E-state index is 13.4. The third kappa shape index (κ3) is 6.25. The van der Waals surface area contributed by atoms with Crippen molar-refractivity contribution in [1.82, 2.24) is 19.8 Å². The zero-order valence-electron chi connectivity index (χ0n) is 23.9. The second-order valence-corrected chi connectivity index (χ2v) is 10.5. The molecular formula is C30H36N8O3. The van der Waals surface area contributed by atoms with Crippen LogP contribution in [-0.2, 0) is 11.3 Å². The van der Waals surface area contributed by atoms with Crippen molar-refractivity contribution in [2.24, 2.45) is 0 Å². The molecule has 0 radical (unpaired) electrons. The second-order valence-electron chi connectivity index (χ2n) is 10.5. The lowest BCUT2D eigenvalue weighted by atomic mass is 10.2. The Balaban J connectivity index is 1.46. The van der Waals surface area contributed by atoms with Crippen LogP contribution in [0, 0.1) is 0 Å². The van der Waals surface area contributed by atoms with Gasteiger partial charge in [-0.05, 0) is 57.3 Å². The topological polar surface area (TPSA) is 106 Å². The third-order valence-electron chi connectivity index (χ3n) is 6.98. The zero-order valence-corrected chi connectivity index (χ0v) is 23.9. The van der Waals surface area contributed by atoms with Crippen LogP contribution in [0.3, 0.4) is 0 Å². The molecule has 0 spiro atoms. The minimum atomic E-state index is -0.337. The van der Waals surface area contributed by atoms with E-state index in [0.717, 1.165) is 43.1 Å². The van der Waals surface area contributed by atoms with Crippen LogP contribution < -0.4 is 25.2 Å². The number of anilines is 6. The summed E-state index contributed by atoms with van der Waals surface area (Å²) in [6.07, 6.45) is 2.90. The molecule has 0 bridgehead atoms. The number of carbonyl (C=O) groups excluding carboxylic acids is 2. The number of amides is 3. The molecule has 214 valence electrons. The van der Waals surface area contributed by atoms with E-state index in [4.69, 9.17) is 9.72 Å². The fraction of sp³-hybridized carbons (Fsp3) is 0.333. The Morgan fingerprint density at radius 2 is 1.85 bits per heavy atom. The summed E-state index contributed by atoms with van der Waals surface area (Å²) in [5.41, 5.74) is 3.74. The van der Waals surface area contributed by atoms with Crippen LogP contribution in [0.25, 0.3) is 0 Å².